The number of likely N-dealkylation sites (tertiary alicyclic amines) is 1. The number of rotatable bonds is 4. The van der Waals surface area contributed by atoms with Crippen LogP contribution in [-0.4, -0.2) is 40.1 Å². The van der Waals surface area contributed by atoms with Gasteiger partial charge in [-0.1, -0.05) is 6.07 Å². The van der Waals surface area contributed by atoms with Crippen LogP contribution in [0.3, 0.4) is 0 Å². The summed E-state index contributed by atoms with van der Waals surface area (Å²) in [6, 6.07) is 6.15. The Balaban J connectivity index is 0.00000280. The van der Waals surface area contributed by atoms with Crippen LogP contribution in [0.2, 0.25) is 0 Å². The van der Waals surface area contributed by atoms with E-state index in [1.54, 1.807) is 4.90 Å². The van der Waals surface area contributed by atoms with E-state index in [0.717, 1.165) is 16.9 Å². The summed E-state index contributed by atoms with van der Waals surface area (Å²) in [5, 5.41) is 7.48. The molecule has 28 heavy (non-hydrogen) atoms. The first kappa shape index (κ1) is 22.2. The van der Waals surface area contributed by atoms with Crippen LogP contribution in [0.15, 0.2) is 29.4 Å². The lowest BCUT2D eigenvalue weighted by Crippen LogP contribution is -2.27. The highest BCUT2D eigenvalue weighted by atomic mass is 127. The summed E-state index contributed by atoms with van der Waals surface area (Å²) in [6.07, 6.45) is 2.32. The fourth-order valence-corrected chi connectivity index (χ4v) is 3.83. The summed E-state index contributed by atoms with van der Waals surface area (Å²) in [6.45, 7) is 6.60. The Labute approximate surface area is 183 Å². The van der Waals surface area contributed by atoms with Gasteiger partial charge in [0.1, 0.15) is 0 Å². The topological polar surface area (TPSA) is 88.5 Å². The van der Waals surface area contributed by atoms with Crippen molar-refractivity contribution in [2.75, 3.05) is 18.9 Å². The monoisotopic (exact) mass is 496 g/mol. The Morgan fingerprint density at radius 3 is 2.46 bits per heavy atom. The van der Waals surface area contributed by atoms with Gasteiger partial charge in [-0.15, -0.1) is 24.0 Å². The number of nitrogens with two attached hydrogens (primary N) is 1. The number of anilines is 1. The van der Waals surface area contributed by atoms with Gasteiger partial charge >= 0.3 is 0 Å². The van der Waals surface area contributed by atoms with Crippen molar-refractivity contribution in [2.24, 2.45) is 23.7 Å². The first-order chi connectivity index (χ1) is 12.8. The highest BCUT2D eigenvalue weighted by molar-refractivity contribution is 14.0. The summed E-state index contributed by atoms with van der Waals surface area (Å²) >= 11 is 0. The fraction of sp³-hybridized carbons (Fsp3) is 0.450. The first-order valence-corrected chi connectivity index (χ1v) is 9.15. The van der Waals surface area contributed by atoms with E-state index in [1.165, 1.54) is 11.1 Å². The van der Waals surface area contributed by atoms with Crippen molar-refractivity contribution < 1.29 is 4.79 Å². The highest BCUT2D eigenvalue weighted by Crippen LogP contribution is 2.38. The average Bonchev–Trinajstić information content (AvgIpc) is 3.05. The molecule has 8 heteroatoms. The second-order valence-electron chi connectivity index (χ2n) is 7.45. The third-order valence-corrected chi connectivity index (χ3v) is 5.28. The minimum atomic E-state index is -0.0241. The second kappa shape index (κ2) is 8.93. The van der Waals surface area contributed by atoms with Crippen LogP contribution in [0.4, 0.5) is 5.69 Å². The second-order valence-corrected chi connectivity index (χ2v) is 7.45. The number of aryl methyl sites for hydroxylation is 3. The number of carbonyl (C=O) groups is 1. The third-order valence-electron chi connectivity index (χ3n) is 5.28. The lowest BCUT2D eigenvalue weighted by molar-refractivity contribution is -0.127. The number of guanidine groups is 1. The number of nitrogens with one attached hydrogen (secondary N) is 1. The Morgan fingerprint density at radius 2 is 1.89 bits per heavy atom. The molecule has 1 aromatic heterocycles. The standard InChI is InChI=1S/C20H28N6O.HI/c1-12-6-13(2)8-16(7-12)24-20(21)22-10-15-9-18(27)25(4)19(15)17-11-23-26(5)14(17)3;/h6-8,11,15,19H,9-10H2,1-5H3,(H3,21,22,24);1H/t15-,19+;/m0./s1. The zero-order valence-electron chi connectivity index (χ0n) is 17.1. The van der Waals surface area contributed by atoms with E-state index in [4.69, 9.17) is 5.73 Å². The average molecular weight is 496 g/mol. The van der Waals surface area contributed by atoms with Gasteiger partial charge in [-0.05, 0) is 44.0 Å². The largest absolute Gasteiger partial charge is 0.370 e. The number of halogens is 1. The van der Waals surface area contributed by atoms with Crippen LogP contribution in [0, 0.1) is 26.7 Å². The van der Waals surface area contributed by atoms with Gasteiger partial charge in [0.15, 0.2) is 5.96 Å². The predicted molar refractivity (Wildman–Crippen MR) is 123 cm³/mol. The number of hydrogen-bond donors (Lipinski definition) is 2. The number of hydrogen-bond acceptors (Lipinski definition) is 3. The SMILES string of the molecule is Cc1cc(C)cc(NC(N)=NC[C@@H]2CC(=O)N(C)[C@H]2c2cnn(C)c2C)c1.I. The number of nitrogens with zero attached hydrogens (tertiary/aromatic N) is 4. The number of amides is 1. The molecule has 0 bridgehead atoms. The lowest BCUT2D eigenvalue weighted by atomic mass is 9.94. The van der Waals surface area contributed by atoms with Crippen molar-refractivity contribution in [2.45, 2.75) is 33.2 Å². The normalized spacial score (nSPS) is 19.7. The van der Waals surface area contributed by atoms with E-state index in [0.29, 0.717) is 18.9 Å². The molecule has 1 fully saturated rings. The van der Waals surface area contributed by atoms with Crippen molar-refractivity contribution >= 4 is 41.5 Å². The minimum Gasteiger partial charge on any atom is -0.370 e. The Morgan fingerprint density at radius 1 is 1.25 bits per heavy atom. The number of aliphatic imine (C=N–C) groups is 1. The van der Waals surface area contributed by atoms with E-state index in [1.807, 2.05) is 57.9 Å². The third kappa shape index (κ3) is 4.65. The van der Waals surface area contributed by atoms with Gasteiger partial charge in [0.05, 0.1) is 12.2 Å². The predicted octanol–water partition coefficient (Wildman–Crippen LogP) is 2.91. The molecule has 2 aromatic rings. The molecule has 152 valence electrons. The molecule has 0 aliphatic carbocycles. The molecule has 1 aromatic carbocycles. The summed E-state index contributed by atoms with van der Waals surface area (Å²) in [5.74, 6) is 0.568. The maximum atomic E-state index is 12.3. The minimum absolute atomic E-state index is 0. The molecule has 1 saturated heterocycles. The van der Waals surface area contributed by atoms with Gasteiger partial charge in [0.2, 0.25) is 5.91 Å². The molecule has 0 radical (unpaired) electrons. The van der Waals surface area contributed by atoms with Crippen LogP contribution in [0.1, 0.15) is 34.8 Å². The van der Waals surface area contributed by atoms with Gasteiger partial charge in [-0.2, -0.15) is 5.10 Å². The van der Waals surface area contributed by atoms with Crippen molar-refractivity contribution in [1.29, 1.82) is 0 Å². The molecule has 3 rings (SSSR count). The van der Waals surface area contributed by atoms with E-state index in [-0.39, 0.29) is 41.8 Å². The zero-order valence-corrected chi connectivity index (χ0v) is 19.4. The van der Waals surface area contributed by atoms with Crippen molar-refractivity contribution in [3.63, 3.8) is 0 Å². The molecule has 7 nitrogen and oxygen atoms in total. The van der Waals surface area contributed by atoms with Gasteiger partial charge in [0, 0.05) is 49.9 Å². The molecule has 1 aliphatic heterocycles. The molecular weight excluding hydrogens is 467 g/mol. The Bertz CT molecular complexity index is 871. The molecule has 0 saturated carbocycles. The van der Waals surface area contributed by atoms with Crippen LogP contribution >= 0.6 is 24.0 Å². The maximum Gasteiger partial charge on any atom is 0.223 e. The molecule has 2 atom stereocenters. The van der Waals surface area contributed by atoms with Gasteiger partial charge in [0.25, 0.3) is 0 Å². The summed E-state index contributed by atoms with van der Waals surface area (Å²) < 4.78 is 1.84. The highest BCUT2D eigenvalue weighted by Gasteiger charge is 2.39. The molecule has 0 spiro atoms. The number of benzene rings is 1. The number of aromatic nitrogens is 2. The lowest BCUT2D eigenvalue weighted by Gasteiger charge is -2.24. The quantitative estimate of drug-likeness (QED) is 0.387. The van der Waals surface area contributed by atoms with Gasteiger partial charge < -0.3 is 16.0 Å². The molecule has 1 amide bonds. The summed E-state index contributed by atoms with van der Waals surface area (Å²) in [7, 11) is 3.76. The molecule has 2 heterocycles. The van der Waals surface area contributed by atoms with Crippen molar-refractivity contribution in [3.8, 4) is 0 Å². The zero-order chi connectivity index (χ0) is 19.7. The smallest absolute Gasteiger partial charge is 0.223 e. The van der Waals surface area contributed by atoms with E-state index in [2.05, 4.69) is 21.5 Å². The van der Waals surface area contributed by atoms with Gasteiger partial charge in [-0.3, -0.25) is 14.5 Å². The van der Waals surface area contributed by atoms with Crippen LogP contribution in [0.5, 0.6) is 0 Å². The molecule has 1 aliphatic rings. The molecule has 3 N–H and O–H groups in total. The number of carbonyl (C=O) groups excluding carboxylic acids is 1. The summed E-state index contributed by atoms with van der Waals surface area (Å²) in [4.78, 5) is 18.6. The van der Waals surface area contributed by atoms with Crippen LogP contribution < -0.4 is 11.1 Å². The molecule has 0 unspecified atom stereocenters. The Kier molecular flexibility index (Phi) is 7.08. The van der Waals surface area contributed by atoms with E-state index >= 15 is 0 Å². The first-order valence-electron chi connectivity index (χ1n) is 9.15. The van der Waals surface area contributed by atoms with Crippen LogP contribution in [-0.2, 0) is 11.8 Å². The van der Waals surface area contributed by atoms with Crippen LogP contribution in [0.25, 0.3) is 0 Å². The Hall–Kier alpha value is -2.10. The van der Waals surface area contributed by atoms with E-state index in [9.17, 15) is 4.79 Å². The fourth-order valence-electron chi connectivity index (χ4n) is 3.83. The van der Waals surface area contributed by atoms with E-state index < -0.39 is 0 Å². The van der Waals surface area contributed by atoms with Crippen molar-refractivity contribution in [3.05, 3.63) is 46.8 Å². The van der Waals surface area contributed by atoms with Gasteiger partial charge in [-0.25, -0.2) is 0 Å². The summed E-state index contributed by atoms with van der Waals surface area (Å²) in [5.41, 5.74) is 11.5. The van der Waals surface area contributed by atoms with Crippen molar-refractivity contribution in [1.82, 2.24) is 14.7 Å². The molecular formula is C20H29IN6O. The maximum absolute atomic E-state index is 12.3.